The summed E-state index contributed by atoms with van der Waals surface area (Å²) in [4.78, 5) is 31.5. The summed E-state index contributed by atoms with van der Waals surface area (Å²) in [5.41, 5.74) is 3.33. The lowest BCUT2D eigenvalue weighted by Crippen LogP contribution is -2.43. The van der Waals surface area contributed by atoms with E-state index in [9.17, 15) is 9.59 Å². The third kappa shape index (κ3) is 4.65. The highest BCUT2D eigenvalue weighted by atomic mass is 79.9. The Balaban J connectivity index is 1.23. The summed E-state index contributed by atoms with van der Waals surface area (Å²) in [7, 11) is 0. The zero-order chi connectivity index (χ0) is 22.8. The highest BCUT2D eigenvalue weighted by Crippen LogP contribution is 2.47. The number of carbonyl (C=O) groups excluding carboxylic acids is 2. The van der Waals surface area contributed by atoms with E-state index < -0.39 is 0 Å². The van der Waals surface area contributed by atoms with Crippen LogP contribution in [0.2, 0.25) is 0 Å². The number of anilines is 2. The number of hydrogen-bond donors (Lipinski definition) is 1. The number of halogens is 1. The summed E-state index contributed by atoms with van der Waals surface area (Å²) in [6.45, 7) is 1.27. The average molecular weight is 541 g/mol. The van der Waals surface area contributed by atoms with Crippen LogP contribution in [0.5, 0.6) is 0 Å². The normalized spacial score (nSPS) is 17.0. The molecule has 2 aliphatic heterocycles. The quantitative estimate of drug-likeness (QED) is 0.379. The molecule has 0 aromatic heterocycles. The van der Waals surface area contributed by atoms with Crippen molar-refractivity contribution in [2.45, 2.75) is 21.6 Å². The molecule has 1 atom stereocenters. The SMILES string of the molecule is O=C1CSC(c2ccc(Br)cc2)N1C(=O)NCCCN1c2ccccc2Sc2ccccc21. The second kappa shape index (κ2) is 9.83. The number of thioether (sulfide) groups is 1. The molecule has 2 aliphatic rings. The second-order valence-electron chi connectivity index (χ2n) is 7.75. The molecule has 1 unspecified atom stereocenters. The number of fused-ring (bicyclic) bond motifs is 2. The van der Waals surface area contributed by atoms with Crippen LogP contribution in [0, 0.1) is 0 Å². The van der Waals surface area contributed by atoms with Crippen LogP contribution >= 0.6 is 39.5 Å². The van der Waals surface area contributed by atoms with E-state index >= 15 is 0 Å². The third-order valence-corrected chi connectivity index (χ3v) is 8.48. The van der Waals surface area contributed by atoms with Gasteiger partial charge in [-0.05, 0) is 48.4 Å². The number of carbonyl (C=O) groups is 2. The Bertz CT molecular complexity index is 1140. The first-order valence-corrected chi connectivity index (χ1v) is 13.4. The average Bonchev–Trinajstić information content (AvgIpc) is 3.22. The van der Waals surface area contributed by atoms with E-state index in [1.165, 1.54) is 37.8 Å². The molecule has 3 aromatic carbocycles. The standard InChI is InChI=1S/C25H22BrN3O2S2/c26-18-12-10-17(11-13-18)24-29(23(30)16-32-24)25(31)27-14-5-15-28-19-6-1-3-8-21(19)33-22-9-4-2-7-20(22)28/h1-4,6-13,24H,5,14-16H2,(H,27,31). The molecule has 0 bridgehead atoms. The van der Waals surface area contributed by atoms with Crippen LogP contribution in [-0.2, 0) is 4.79 Å². The Labute approximate surface area is 210 Å². The lowest BCUT2D eigenvalue weighted by molar-refractivity contribution is -0.125. The molecule has 1 saturated heterocycles. The van der Waals surface area contributed by atoms with Gasteiger partial charge in [-0.25, -0.2) is 9.69 Å². The fourth-order valence-corrected chi connectivity index (χ4v) is 6.57. The molecular weight excluding hydrogens is 518 g/mol. The van der Waals surface area contributed by atoms with E-state index in [1.54, 1.807) is 11.8 Å². The van der Waals surface area contributed by atoms with Gasteiger partial charge >= 0.3 is 6.03 Å². The maximum atomic E-state index is 12.9. The van der Waals surface area contributed by atoms with E-state index in [0.717, 1.165) is 23.0 Å². The summed E-state index contributed by atoms with van der Waals surface area (Å²) in [6, 6.07) is 24.2. The number of urea groups is 1. The van der Waals surface area contributed by atoms with Crippen LogP contribution in [-0.4, -0.2) is 35.7 Å². The Morgan fingerprint density at radius 3 is 2.27 bits per heavy atom. The molecule has 0 spiro atoms. The molecule has 0 saturated carbocycles. The van der Waals surface area contributed by atoms with Crippen molar-refractivity contribution in [3.05, 3.63) is 82.8 Å². The fourth-order valence-electron chi connectivity index (χ4n) is 4.06. The summed E-state index contributed by atoms with van der Waals surface area (Å²) < 4.78 is 0.968. The van der Waals surface area contributed by atoms with Crippen LogP contribution in [0.4, 0.5) is 16.2 Å². The van der Waals surface area contributed by atoms with E-state index in [4.69, 9.17) is 0 Å². The molecule has 3 aromatic rings. The van der Waals surface area contributed by atoms with Crippen LogP contribution in [0.15, 0.2) is 87.1 Å². The number of nitrogens with zero attached hydrogens (tertiary/aromatic N) is 2. The van der Waals surface area contributed by atoms with Gasteiger partial charge in [0.15, 0.2) is 0 Å². The second-order valence-corrected chi connectivity index (χ2v) is 10.8. The monoisotopic (exact) mass is 539 g/mol. The minimum absolute atomic E-state index is 0.152. The summed E-state index contributed by atoms with van der Waals surface area (Å²) in [5, 5.41) is 2.68. The number of nitrogens with one attached hydrogen (secondary N) is 1. The first-order chi connectivity index (χ1) is 16.1. The van der Waals surface area contributed by atoms with Crippen LogP contribution < -0.4 is 10.2 Å². The lowest BCUT2D eigenvalue weighted by Gasteiger charge is -2.32. The van der Waals surface area contributed by atoms with Gasteiger partial charge in [0.05, 0.1) is 17.1 Å². The van der Waals surface area contributed by atoms with Gasteiger partial charge in [-0.2, -0.15) is 0 Å². The molecular formula is C25H22BrN3O2S2. The Morgan fingerprint density at radius 2 is 1.61 bits per heavy atom. The number of benzene rings is 3. The van der Waals surface area contributed by atoms with Gasteiger partial charge in [-0.1, -0.05) is 64.1 Å². The van der Waals surface area contributed by atoms with Crippen LogP contribution in [0.25, 0.3) is 0 Å². The summed E-state index contributed by atoms with van der Waals surface area (Å²) in [5.74, 6) is 0.161. The van der Waals surface area contributed by atoms with Crippen molar-refractivity contribution in [1.29, 1.82) is 0 Å². The zero-order valence-corrected chi connectivity index (χ0v) is 21.0. The molecule has 3 amide bonds. The first-order valence-electron chi connectivity index (χ1n) is 10.7. The molecule has 1 fully saturated rings. The highest BCUT2D eigenvalue weighted by molar-refractivity contribution is 9.10. The molecule has 33 heavy (non-hydrogen) atoms. The Hall–Kier alpha value is -2.42. The molecule has 168 valence electrons. The Morgan fingerprint density at radius 1 is 0.970 bits per heavy atom. The molecule has 8 heteroatoms. The van der Waals surface area contributed by atoms with E-state index in [1.807, 2.05) is 24.3 Å². The fraction of sp³-hybridized carbons (Fsp3) is 0.200. The van der Waals surface area contributed by atoms with Gasteiger partial charge in [-0.3, -0.25) is 4.79 Å². The van der Waals surface area contributed by atoms with Gasteiger partial charge in [0.2, 0.25) is 5.91 Å². The van der Waals surface area contributed by atoms with Crippen molar-refractivity contribution in [2.75, 3.05) is 23.7 Å². The molecule has 0 aliphatic carbocycles. The van der Waals surface area contributed by atoms with Crippen molar-refractivity contribution in [3.63, 3.8) is 0 Å². The summed E-state index contributed by atoms with van der Waals surface area (Å²) >= 11 is 6.70. The van der Waals surface area contributed by atoms with Crippen LogP contribution in [0.3, 0.4) is 0 Å². The number of amides is 3. The number of para-hydroxylation sites is 2. The van der Waals surface area contributed by atoms with Gasteiger partial charge in [0.1, 0.15) is 5.37 Å². The number of hydrogen-bond acceptors (Lipinski definition) is 5. The van der Waals surface area contributed by atoms with Crippen molar-refractivity contribution in [1.82, 2.24) is 10.2 Å². The molecule has 5 nitrogen and oxygen atoms in total. The molecule has 2 heterocycles. The van der Waals surface area contributed by atoms with Crippen molar-refractivity contribution in [3.8, 4) is 0 Å². The van der Waals surface area contributed by atoms with Gasteiger partial charge < -0.3 is 10.2 Å². The Kier molecular flexibility index (Phi) is 6.66. The smallest absolute Gasteiger partial charge is 0.325 e. The van der Waals surface area contributed by atoms with Gasteiger partial charge in [-0.15, -0.1) is 11.8 Å². The molecule has 0 radical (unpaired) electrons. The maximum absolute atomic E-state index is 12.9. The first kappa shape index (κ1) is 22.4. The maximum Gasteiger partial charge on any atom is 0.325 e. The third-order valence-electron chi connectivity index (χ3n) is 5.61. The minimum Gasteiger partial charge on any atom is -0.340 e. The van der Waals surface area contributed by atoms with Gasteiger partial charge in [0.25, 0.3) is 0 Å². The van der Waals surface area contributed by atoms with Gasteiger partial charge in [0, 0.05) is 27.4 Å². The largest absolute Gasteiger partial charge is 0.340 e. The van der Waals surface area contributed by atoms with Crippen molar-refractivity contribution in [2.24, 2.45) is 0 Å². The van der Waals surface area contributed by atoms with E-state index in [-0.39, 0.29) is 17.3 Å². The van der Waals surface area contributed by atoms with Crippen LogP contribution in [0.1, 0.15) is 17.4 Å². The number of imide groups is 1. The molecule has 1 N–H and O–H groups in total. The summed E-state index contributed by atoms with van der Waals surface area (Å²) in [6.07, 6.45) is 0.761. The predicted molar refractivity (Wildman–Crippen MR) is 138 cm³/mol. The topological polar surface area (TPSA) is 52.7 Å². The lowest BCUT2D eigenvalue weighted by atomic mass is 10.2. The van der Waals surface area contributed by atoms with E-state index in [0.29, 0.717) is 12.3 Å². The minimum atomic E-state index is -0.326. The van der Waals surface area contributed by atoms with Crippen molar-refractivity contribution >= 4 is 62.8 Å². The number of rotatable bonds is 5. The highest BCUT2D eigenvalue weighted by Gasteiger charge is 2.37. The van der Waals surface area contributed by atoms with Crippen molar-refractivity contribution < 1.29 is 9.59 Å². The zero-order valence-electron chi connectivity index (χ0n) is 17.7. The van der Waals surface area contributed by atoms with E-state index in [2.05, 4.69) is 74.7 Å². The molecule has 5 rings (SSSR count). The predicted octanol–water partition coefficient (Wildman–Crippen LogP) is 6.43.